The average Bonchev–Trinajstić information content (AvgIpc) is 3.33. The van der Waals surface area contributed by atoms with Crippen LogP contribution in [0.3, 0.4) is 0 Å². The predicted octanol–water partition coefficient (Wildman–Crippen LogP) is 5.31. The molecule has 190 valence electrons. The topological polar surface area (TPSA) is 92.3 Å². The lowest BCUT2D eigenvalue weighted by atomic mass is 9.94. The van der Waals surface area contributed by atoms with Crippen molar-refractivity contribution in [2.75, 3.05) is 30.7 Å². The highest BCUT2D eigenvalue weighted by Crippen LogP contribution is 2.28. The van der Waals surface area contributed by atoms with Crippen LogP contribution in [0.4, 0.5) is 5.13 Å². The number of rotatable bonds is 10. The zero-order valence-electron chi connectivity index (χ0n) is 20.3. The molecule has 0 radical (unpaired) electrons. The number of anilines is 1. The summed E-state index contributed by atoms with van der Waals surface area (Å²) in [6, 6.07) is 16.4. The fourth-order valence-electron chi connectivity index (χ4n) is 4.25. The van der Waals surface area contributed by atoms with Gasteiger partial charge in [-0.1, -0.05) is 91.6 Å². The van der Waals surface area contributed by atoms with Gasteiger partial charge in [-0.3, -0.25) is 4.79 Å². The van der Waals surface area contributed by atoms with Crippen LogP contribution < -0.4 is 5.32 Å². The molecule has 1 N–H and O–H groups in total. The van der Waals surface area contributed by atoms with Crippen LogP contribution >= 0.6 is 23.1 Å². The molecule has 4 rings (SSSR count). The Bertz CT molecular complexity index is 1300. The van der Waals surface area contributed by atoms with E-state index in [9.17, 15) is 13.2 Å². The van der Waals surface area contributed by atoms with E-state index < -0.39 is 10.0 Å². The van der Waals surface area contributed by atoms with E-state index in [2.05, 4.69) is 41.5 Å². The largest absolute Gasteiger partial charge is 0.353 e. The van der Waals surface area contributed by atoms with Crippen LogP contribution in [0, 0.1) is 11.8 Å². The van der Waals surface area contributed by atoms with Gasteiger partial charge in [-0.05, 0) is 36.0 Å². The summed E-state index contributed by atoms with van der Waals surface area (Å²) in [7, 11) is -3.64. The van der Waals surface area contributed by atoms with Crippen molar-refractivity contribution < 1.29 is 13.2 Å². The van der Waals surface area contributed by atoms with Gasteiger partial charge in [0, 0.05) is 24.4 Å². The first-order chi connectivity index (χ1) is 17.3. The molecule has 1 aliphatic rings. The van der Waals surface area contributed by atoms with E-state index in [1.807, 2.05) is 30.3 Å². The Morgan fingerprint density at radius 3 is 2.61 bits per heavy atom. The Hall–Kier alpha value is -2.53. The number of nitrogens with zero attached hydrogens (tertiary/aromatic N) is 3. The summed E-state index contributed by atoms with van der Waals surface area (Å²) in [5.41, 5.74) is 1.50. The lowest BCUT2D eigenvalue weighted by Crippen LogP contribution is -2.42. The fourth-order valence-corrected chi connectivity index (χ4v) is 7.56. The molecule has 10 heteroatoms. The van der Waals surface area contributed by atoms with Gasteiger partial charge in [0.05, 0.1) is 11.4 Å². The van der Waals surface area contributed by atoms with Crippen molar-refractivity contribution in [1.29, 1.82) is 0 Å². The molecule has 2 aromatic carbocycles. The monoisotopic (exact) mass is 542 g/mol. The Labute approximate surface area is 221 Å². The molecular formula is C26H30N4O3S3. The van der Waals surface area contributed by atoms with Crippen LogP contribution in [0.25, 0.3) is 6.08 Å². The molecule has 3 aromatic rings. The molecule has 7 nitrogen and oxygen atoms in total. The maximum Gasteiger partial charge on any atom is 0.243 e. The molecule has 1 fully saturated rings. The van der Waals surface area contributed by atoms with E-state index in [4.69, 9.17) is 0 Å². The zero-order chi connectivity index (χ0) is 25.5. The van der Waals surface area contributed by atoms with E-state index in [1.165, 1.54) is 17.4 Å². The number of aromatic nitrogens is 2. The van der Waals surface area contributed by atoms with Crippen molar-refractivity contribution in [3.63, 3.8) is 0 Å². The molecule has 36 heavy (non-hydrogen) atoms. The molecule has 0 aliphatic carbocycles. The van der Waals surface area contributed by atoms with Gasteiger partial charge >= 0.3 is 0 Å². The van der Waals surface area contributed by atoms with Crippen LogP contribution in [-0.4, -0.2) is 54.1 Å². The van der Waals surface area contributed by atoms with Gasteiger partial charge in [0.15, 0.2) is 10.1 Å². The van der Waals surface area contributed by atoms with Gasteiger partial charge < -0.3 is 5.32 Å². The normalized spacial score (nSPS) is 18.9. The number of nitrogens with one attached hydrogen (secondary N) is 1. The van der Waals surface area contributed by atoms with Crippen molar-refractivity contribution in [3.8, 4) is 0 Å². The smallest absolute Gasteiger partial charge is 0.243 e. The Balaban J connectivity index is 1.31. The Morgan fingerprint density at radius 1 is 1.11 bits per heavy atom. The number of hydrogen-bond donors (Lipinski definition) is 1. The van der Waals surface area contributed by atoms with Crippen molar-refractivity contribution in [3.05, 3.63) is 71.8 Å². The van der Waals surface area contributed by atoms with E-state index >= 15 is 0 Å². The minimum atomic E-state index is -3.64. The molecule has 1 aromatic heterocycles. The van der Waals surface area contributed by atoms with Gasteiger partial charge in [0.2, 0.25) is 15.2 Å². The number of sulfonamides is 1. The number of carbonyl (C=O) groups is 1. The number of Topliss-reactive ketones (excluding diaryl/α,β-unsaturated/α-hetero) is 1. The number of ketones is 1. The highest BCUT2D eigenvalue weighted by Gasteiger charge is 2.32. The Kier molecular flexibility index (Phi) is 8.95. The summed E-state index contributed by atoms with van der Waals surface area (Å²) in [6.07, 6.45) is 5.16. The first-order valence-corrected chi connectivity index (χ1v) is 15.1. The fraction of sp³-hybridized carbons (Fsp3) is 0.346. The molecule has 0 bridgehead atoms. The lowest BCUT2D eigenvalue weighted by molar-refractivity contribution is 0.101. The van der Waals surface area contributed by atoms with Crippen molar-refractivity contribution in [2.45, 2.75) is 29.5 Å². The number of carbonyl (C=O) groups excluding carboxylic acids is 1. The number of hydrogen-bond acceptors (Lipinski definition) is 8. The summed E-state index contributed by atoms with van der Waals surface area (Å²) in [5.74, 6) is 1.18. The zero-order valence-corrected chi connectivity index (χ0v) is 22.8. The Morgan fingerprint density at radius 2 is 1.86 bits per heavy atom. The second kappa shape index (κ2) is 12.1. The molecule has 0 saturated carbocycles. The molecule has 1 aliphatic heterocycles. The summed E-state index contributed by atoms with van der Waals surface area (Å²) < 4.78 is 28.7. The van der Waals surface area contributed by atoms with E-state index in [-0.39, 0.29) is 17.2 Å². The van der Waals surface area contributed by atoms with Gasteiger partial charge in [-0.2, -0.15) is 4.31 Å². The lowest BCUT2D eigenvalue weighted by Gasteiger charge is -2.34. The average molecular weight is 543 g/mol. The minimum absolute atomic E-state index is 0.00843. The predicted molar refractivity (Wildman–Crippen MR) is 147 cm³/mol. The van der Waals surface area contributed by atoms with E-state index in [0.717, 1.165) is 22.1 Å². The summed E-state index contributed by atoms with van der Waals surface area (Å²) in [5, 5.41) is 11.8. The third-order valence-electron chi connectivity index (χ3n) is 5.85. The number of thioether (sulfide) groups is 1. The second-order valence-electron chi connectivity index (χ2n) is 9.07. The van der Waals surface area contributed by atoms with Gasteiger partial charge in [0.1, 0.15) is 0 Å². The maximum atomic E-state index is 13.2. The van der Waals surface area contributed by atoms with Crippen molar-refractivity contribution in [1.82, 2.24) is 14.5 Å². The van der Waals surface area contributed by atoms with Crippen molar-refractivity contribution >= 4 is 50.1 Å². The number of benzene rings is 2. The van der Waals surface area contributed by atoms with Crippen molar-refractivity contribution in [2.24, 2.45) is 11.8 Å². The van der Waals surface area contributed by atoms with E-state index in [0.29, 0.717) is 35.6 Å². The highest BCUT2D eigenvalue weighted by atomic mass is 32.2. The SMILES string of the molecule is CC1CC(C)CN(S(=O)(=O)c2cccc(C(=O)CNc3nnc(SC/C=C/c4ccccc4)s3)c2)C1. The molecular weight excluding hydrogens is 513 g/mol. The molecule has 0 amide bonds. The summed E-state index contributed by atoms with van der Waals surface area (Å²) in [4.78, 5) is 13.0. The maximum absolute atomic E-state index is 13.2. The minimum Gasteiger partial charge on any atom is -0.353 e. The van der Waals surface area contributed by atoms with Gasteiger partial charge in [0.25, 0.3) is 0 Å². The highest BCUT2D eigenvalue weighted by molar-refractivity contribution is 8.01. The molecule has 2 heterocycles. The quantitative estimate of drug-likeness (QED) is 0.274. The molecule has 2 atom stereocenters. The van der Waals surface area contributed by atoms with Gasteiger partial charge in [-0.25, -0.2) is 8.42 Å². The van der Waals surface area contributed by atoms with Crippen LogP contribution in [0.1, 0.15) is 36.2 Å². The first kappa shape index (κ1) is 26.5. The molecule has 1 saturated heterocycles. The van der Waals surface area contributed by atoms with Crippen LogP contribution in [0.2, 0.25) is 0 Å². The molecule has 0 spiro atoms. The second-order valence-corrected chi connectivity index (χ2v) is 13.3. The number of piperidine rings is 1. The summed E-state index contributed by atoms with van der Waals surface area (Å²) in [6.45, 7) is 5.16. The standard InChI is InChI=1S/C26H30N4O3S3/c1-19-14-20(2)18-30(17-19)36(32,33)23-12-6-11-22(15-23)24(31)16-27-25-28-29-26(35-25)34-13-7-10-21-8-4-3-5-9-21/h3-12,15,19-20H,13-14,16-18H2,1-2H3,(H,27,28)/b10-7+. The third-order valence-corrected chi connectivity index (χ3v) is 9.64. The van der Waals surface area contributed by atoms with E-state index in [1.54, 1.807) is 34.3 Å². The van der Waals surface area contributed by atoms with Crippen LogP contribution in [0.5, 0.6) is 0 Å². The molecule has 2 unspecified atom stereocenters. The van der Waals surface area contributed by atoms with Gasteiger partial charge in [-0.15, -0.1) is 10.2 Å². The third kappa shape index (κ3) is 7.03. The first-order valence-electron chi connectivity index (χ1n) is 11.9. The van der Waals surface area contributed by atoms with Crippen LogP contribution in [0.15, 0.2) is 69.9 Å². The summed E-state index contributed by atoms with van der Waals surface area (Å²) >= 11 is 2.96. The van der Waals surface area contributed by atoms with Crippen LogP contribution in [-0.2, 0) is 10.0 Å².